The minimum Gasteiger partial charge on any atom is -0.482 e. The molecule has 1 aliphatic heterocycles. The number of fused-ring (bicyclic) bond motifs is 1. The van der Waals surface area contributed by atoms with Gasteiger partial charge in [0.05, 0.1) is 5.69 Å². The van der Waals surface area contributed by atoms with Gasteiger partial charge in [0.15, 0.2) is 6.61 Å². The van der Waals surface area contributed by atoms with Crippen molar-refractivity contribution < 1.29 is 9.53 Å². The van der Waals surface area contributed by atoms with Crippen molar-refractivity contribution in [3.8, 4) is 5.75 Å². The highest BCUT2D eigenvalue weighted by Gasteiger charge is 2.16. The number of benzene rings is 1. The molecular weight excluding hydrogens is 242 g/mol. The molecule has 1 aliphatic rings. The first-order valence-corrected chi connectivity index (χ1v) is 6.52. The Morgan fingerprint density at radius 2 is 2.32 bits per heavy atom. The lowest BCUT2D eigenvalue weighted by Crippen LogP contribution is -2.28. The molecule has 1 unspecified atom stereocenters. The second kappa shape index (κ2) is 6.04. The fraction of sp³-hybridized carbons (Fsp3) is 0.500. The van der Waals surface area contributed by atoms with Gasteiger partial charge in [-0.15, -0.1) is 0 Å². The molecule has 0 aromatic heterocycles. The molecule has 3 N–H and O–H groups in total. The van der Waals surface area contributed by atoms with Crippen LogP contribution in [0, 0.1) is 5.92 Å². The molecule has 5 nitrogen and oxygen atoms in total. The maximum Gasteiger partial charge on any atom is 0.262 e. The third-order valence-corrected chi connectivity index (χ3v) is 3.16. The summed E-state index contributed by atoms with van der Waals surface area (Å²) < 4.78 is 5.34. The quantitative estimate of drug-likeness (QED) is 0.833. The maximum absolute atomic E-state index is 11.3. The molecule has 104 valence electrons. The Morgan fingerprint density at radius 3 is 3.05 bits per heavy atom. The van der Waals surface area contributed by atoms with Crippen LogP contribution in [0.25, 0.3) is 0 Å². The van der Waals surface area contributed by atoms with Crippen molar-refractivity contribution in [3.63, 3.8) is 0 Å². The summed E-state index contributed by atoms with van der Waals surface area (Å²) >= 11 is 0. The lowest BCUT2D eigenvalue weighted by atomic mass is 10.1. The Balaban J connectivity index is 2.01. The Hall–Kier alpha value is -1.59. The lowest BCUT2D eigenvalue weighted by molar-refractivity contribution is -0.118. The molecule has 2 rings (SSSR count). The summed E-state index contributed by atoms with van der Waals surface area (Å²) in [6, 6.07) is 5.90. The van der Waals surface area contributed by atoms with Gasteiger partial charge in [0.2, 0.25) is 0 Å². The van der Waals surface area contributed by atoms with E-state index in [0.717, 1.165) is 30.1 Å². The van der Waals surface area contributed by atoms with E-state index in [4.69, 9.17) is 10.5 Å². The molecule has 1 heterocycles. The monoisotopic (exact) mass is 263 g/mol. The zero-order chi connectivity index (χ0) is 13.8. The van der Waals surface area contributed by atoms with Gasteiger partial charge in [-0.25, -0.2) is 0 Å². The number of amides is 1. The molecule has 0 saturated heterocycles. The first kappa shape index (κ1) is 13.8. The van der Waals surface area contributed by atoms with Crippen LogP contribution in [0.15, 0.2) is 18.2 Å². The Kier molecular flexibility index (Phi) is 4.39. The van der Waals surface area contributed by atoms with Crippen LogP contribution in [0.5, 0.6) is 5.75 Å². The fourth-order valence-corrected chi connectivity index (χ4v) is 2.21. The normalized spacial score (nSPS) is 15.7. The predicted octanol–water partition coefficient (Wildman–Crippen LogP) is 1.04. The number of nitrogens with two attached hydrogens (primary N) is 1. The molecule has 0 radical (unpaired) electrons. The summed E-state index contributed by atoms with van der Waals surface area (Å²) in [4.78, 5) is 13.5. The summed E-state index contributed by atoms with van der Waals surface area (Å²) in [7, 11) is 2.07. The van der Waals surface area contributed by atoms with Gasteiger partial charge < -0.3 is 20.7 Å². The van der Waals surface area contributed by atoms with Crippen LogP contribution in [-0.2, 0) is 11.3 Å². The maximum atomic E-state index is 11.3. The molecule has 1 aromatic rings. The van der Waals surface area contributed by atoms with Crippen molar-refractivity contribution in [2.75, 3.05) is 32.1 Å². The lowest BCUT2D eigenvalue weighted by Gasteiger charge is -2.22. The summed E-state index contributed by atoms with van der Waals surface area (Å²) in [5.41, 5.74) is 7.54. The van der Waals surface area contributed by atoms with Gasteiger partial charge >= 0.3 is 0 Å². The highest BCUT2D eigenvalue weighted by atomic mass is 16.5. The molecule has 1 atom stereocenters. The molecular formula is C14H21N3O2. The third-order valence-electron chi connectivity index (χ3n) is 3.16. The van der Waals surface area contributed by atoms with Crippen molar-refractivity contribution >= 4 is 11.6 Å². The van der Waals surface area contributed by atoms with Gasteiger partial charge in [0.1, 0.15) is 5.75 Å². The molecule has 0 saturated carbocycles. The molecule has 19 heavy (non-hydrogen) atoms. The number of carbonyl (C=O) groups is 1. The second-order valence-corrected chi connectivity index (χ2v) is 5.20. The highest BCUT2D eigenvalue weighted by molar-refractivity contribution is 5.95. The molecule has 0 spiro atoms. The highest BCUT2D eigenvalue weighted by Crippen LogP contribution is 2.28. The van der Waals surface area contributed by atoms with Crippen LogP contribution in [0.4, 0.5) is 5.69 Å². The van der Waals surface area contributed by atoms with E-state index in [0.29, 0.717) is 12.5 Å². The van der Waals surface area contributed by atoms with E-state index in [1.54, 1.807) is 0 Å². The summed E-state index contributed by atoms with van der Waals surface area (Å²) in [5.74, 6) is 1.11. The van der Waals surface area contributed by atoms with Gasteiger partial charge in [0.25, 0.3) is 5.91 Å². The van der Waals surface area contributed by atoms with Crippen LogP contribution in [0.3, 0.4) is 0 Å². The van der Waals surface area contributed by atoms with E-state index in [9.17, 15) is 4.79 Å². The van der Waals surface area contributed by atoms with Crippen LogP contribution in [-0.4, -0.2) is 37.6 Å². The number of anilines is 1. The van der Waals surface area contributed by atoms with Crippen molar-refractivity contribution in [2.24, 2.45) is 11.7 Å². The molecule has 0 fully saturated rings. The van der Waals surface area contributed by atoms with E-state index in [2.05, 4.69) is 24.2 Å². The van der Waals surface area contributed by atoms with Gasteiger partial charge in [0, 0.05) is 13.1 Å². The van der Waals surface area contributed by atoms with E-state index in [-0.39, 0.29) is 12.5 Å². The van der Waals surface area contributed by atoms with E-state index < -0.39 is 0 Å². The Bertz CT molecular complexity index is 462. The van der Waals surface area contributed by atoms with Crippen LogP contribution >= 0.6 is 0 Å². The smallest absolute Gasteiger partial charge is 0.262 e. The number of rotatable bonds is 5. The number of carbonyl (C=O) groups excluding carboxylic acids is 1. The molecule has 0 bridgehead atoms. The van der Waals surface area contributed by atoms with Crippen molar-refractivity contribution in [2.45, 2.75) is 13.5 Å². The number of nitrogens with one attached hydrogen (secondary N) is 1. The van der Waals surface area contributed by atoms with Crippen molar-refractivity contribution in [3.05, 3.63) is 23.8 Å². The number of nitrogens with zero attached hydrogens (tertiary/aromatic N) is 1. The van der Waals surface area contributed by atoms with Crippen molar-refractivity contribution in [1.82, 2.24) is 4.90 Å². The Morgan fingerprint density at radius 1 is 1.53 bits per heavy atom. The van der Waals surface area contributed by atoms with Crippen molar-refractivity contribution in [1.29, 1.82) is 0 Å². The first-order chi connectivity index (χ1) is 9.08. The minimum atomic E-state index is -0.102. The fourth-order valence-electron chi connectivity index (χ4n) is 2.21. The average molecular weight is 263 g/mol. The summed E-state index contributed by atoms with van der Waals surface area (Å²) in [6.45, 7) is 4.71. The molecule has 1 amide bonds. The van der Waals surface area contributed by atoms with Gasteiger partial charge in [-0.05, 0) is 37.2 Å². The second-order valence-electron chi connectivity index (χ2n) is 5.20. The van der Waals surface area contributed by atoms with Crippen LogP contribution < -0.4 is 15.8 Å². The van der Waals surface area contributed by atoms with Crippen LogP contribution in [0.1, 0.15) is 12.5 Å². The largest absolute Gasteiger partial charge is 0.482 e. The minimum absolute atomic E-state index is 0.0975. The number of ether oxygens (including phenoxy) is 1. The third kappa shape index (κ3) is 3.68. The standard InChI is InChI=1S/C14H21N3O2/c1-10(6-15)7-17(2)8-11-3-4-13-12(5-11)16-14(18)9-19-13/h3-5,10H,6-9,15H2,1-2H3,(H,16,18). The Labute approximate surface area is 113 Å². The molecule has 5 heteroatoms. The summed E-state index contributed by atoms with van der Waals surface area (Å²) in [6.07, 6.45) is 0. The number of hydrogen-bond donors (Lipinski definition) is 2. The zero-order valence-corrected chi connectivity index (χ0v) is 11.5. The van der Waals surface area contributed by atoms with E-state index in [1.807, 2.05) is 18.2 Å². The number of hydrogen-bond acceptors (Lipinski definition) is 4. The van der Waals surface area contributed by atoms with E-state index >= 15 is 0 Å². The summed E-state index contributed by atoms with van der Waals surface area (Å²) in [5, 5.41) is 2.82. The molecule has 1 aromatic carbocycles. The average Bonchev–Trinajstić information content (AvgIpc) is 2.37. The van der Waals surface area contributed by atoms with Gasteiger partial charge in [-0.2, -0.15) is 0 Å². The molecule has 0 aliphatic carbocycles. The van der Waals surface area contributed by atoms with Gasteiger partial charge in [-0.1, -0.05) is 13.0 Å². The van der Waals surface area contributed by atoms with E-state index in [1.165, 1.54) is 0 Å². The topological polar surface area (TPSA) is 67.6 Å². The SMILES string of the molecule is CC(CN)CN(C)Cc1ccc2c(c1)NC(=O)CO2. The van der Waals surface area contributed by atoms with Gasteiger partial charge in [-0.3, -0.25) is 4.79 Å². The van der Waals surface area contributed by atoms with Crippen LogP contribution in [0.2, 0.25) is 0 Å². The zero-order valence-electron chi connectivity index (χ0n) is 11.5. The predicted molar refractivity (Wildman–Crippen MR) is 75.1 cm³/mol. The first-order valence-electron chi connectivity index (χ1n) is 6.52.